The van der Waals surface area contributed by atoms with E-state index in [2.05, 4.69) is 25.9 Å². The molecule has 4 heteroatoms. The van der Waals surface area contributed by atoms with Gasteiger partial charge in [-0.3, -0.25) is 14.8 Å². The van der Waals surface area contributed by atoms with Crippen LogP contribution in [0, 0.1) is 0 Å². The van der Waals surface area contributed by atoms with Crippen molar-refractivity contribution in [3.05, 3.63) is 70.7 Å². The van der Waals surface area contributed by atoms with Gasteiger partial charge in [0.15, 0.2) is 5.78 Å². The number of halogens is 1. The molecule has 0 saturated heterocycles. The smallest absolute Gasteiger partial charge is 0.187 e. The highest BCUT2D eigenvalue weighted by Crippen LogP contribution is 2.18. The number of carbonyl (C=O) groups excluding carboxylic acids is 1. The molecule has 0 unspecified atom stereocenters. The van der Waals surface area contributed by atoms with E-state index in [9.17, 15) is 4.79 Å². The molecule has 2 heterocycles. The van der Waals surface area contributed by atoms with E-state index in [1.807, 2.05) is 42.5 Å². The van der Waals surface area contributed by atoms with E-state index in [0.717, 1.165) is 20.9 Å². The minimum atomic E-state index is -0.0170. The van der Waals surface area contributed by atoms with Gasteiger partial charge in [0.25, 0.3) is 0 Å². The van der Waals surface area contributed by atoms with Crippen LogP contribution in [0.3, 0.4) is 0 Å². The molecule has 3 rings (SSSR count). The van der Waals surface area contributed by atoms with Crippen molar-refractivity contribution in [2.45, 2.75) is 6.42 Å². The summed E-state index contributed by atoms with van der Waals surface area (Å²) in [7, 11) is 0. The van der Waals surface area contributed by atoms with Gasteiger partial charge in [0.1, 0.15) is 5.69 Å². The molecule has 0 bridgehead atoms. The maximum absolute atomic E-state index is 12.4. The third kappa shape index (κ3) is 2.60. The minimum absolute atomic E-state index is 0.0170. The molecular formula is C16H11BrN2O. The Hall–Kier alpha value is -2.07. The number of ketones is 1. The highest BCUT2D eigenvalue weighted by Gasteiger charge is 2.12. The Kier molecular flexibility index (Phi) is 3.56. The molecule has 0 aliphatic rings. The van der Waals surface area contributed by atoms with Crippen molar-refractivity contribution in [3.8, 4) is 0 Å². The zero-order chi connectivity index (χ0) is 13.9. The molecule has 0 fully saturated rings. The predicted molar refractivity (Wildman–Crippen MR) is 81.7 cm³/mol. The molecule has 98 valence electrons. The van der Waals surface area contributed by atoms with E-state index in [4.69, 9.17) is 0 Å². The lowest BCUT2D eigenvalue weighted by molar-refractivity contribution is 0.0989. The van der Waals surface area contributed by atoms with Gasteiger partial charge in [0, 0.05) is 27.9 Å². The van der Waals surface area contributed by atoms with E-state index in [-0.39, 0.29) is 12.2 Å². The number of fused-ring (bicyclic) bond motifs is 1. The predicted octanol–water partition coefficient (Wildman–Crippen LogP) is 3.82. The molecule has 3 nitrogen and oxygen atoms in total. The van der Waals surface area contributed by atoms with Crippen molar-refractivity contribution < 1.29 is 4.79 Å². The fraction of sp³-hybridized carbons (Fsp3) is 0.0625. The number of hydrogen-bond donors (Lipinski definition) is 0. The Balaban J connectivity index is 1.94. The molecule has 2 aromatic heterocycles. The minimum Gasteiger partial charge on any atom is -0.292 e. The number of nitrogens with zero attached hydrogens (tertiary/aromatic N) is 2. The van der Waals surface area contributed by atoms with Gasteiger partial charge < -0.3 is 0 Å². The lowest BCUT2D eigenvalue weighted by Gasteiger charge is -2.04. The average molecular weight is 327 g/mol. The van der Waals surface area contributed by atoms with Gasteiger partial charge in [-0.1, -0.05) is 24.3 Å². The van der Waals surface area contributed by atoms with Crippen LogP contribution in [0.1, 0.15) is 16.2 Å². The van der Waals surface area contributed by atoms with Crippen molar-refractivity contribution in [2.24, 2.45) is 0 Å². The van der Waals surface area contributed by atoms with Gasteiger partial charge in [-0.25, -0.2) is 0 Å². The first kappa shape index (κ1) is 12.9. The number of hydrogen-bond acceptors (Lipinski definition) is 3. The van der Waals surface area contributed by atoms with Crippen molar-refractivity contribution in [1.82, 2.24) is 9.97 Å². The topological polar surface area (TPSA) is 42.9 Å². The molecule has 0 saturated carbocycles. The van der Waals surface area contributed by atoms with Crippen LogP contribution in [0.2, 0.25) is 0 Å². The lowest BCUT2D eigenvalue weighted by Crippen LogP contribution is -2.07. The van der Waals surface area contributed by atoms with E-state index >= 15 is 0 Å². The lowest BCUT2D eigenvalue weighted by atomic mass is 10.0. The highest BCUT2D eigenvalue weighted by molar-refractivity contribution is 9.10. The molecule has 0 spiro atoms. The molecule has 0 aliphatic carbocycles. The summed E-state index contributed by atoms with van der Waals surface area (Å²) in [5.74, 6) is -0.0170. The number of pyridine rings is 2. The normalized spacial score (nSPS) is 10.7. The van der Waals surface area contributed by atoms with Gasteiger partial charge in [-0.05, 0) is 39.5 Å². The number of Topliss-reactive ketones (excluding diaryl/α,β-unsaturated/α-hetero) is 1. The summed E-state index contributed by atoms with van der Waals surface area (Å²) in [5, 5.41) is 1.91. The number of benzene rings is 1. The summed E-state index contributed by atoms with van der Waals surface area (Å²) in [6.45, 7) is 0. The largest absolute Gasteiger partial charge is 0.292 e. The van der Waals surface area contributed by atoms with Crippen molar-refractivity contribution in [1.29, 1.82) is 0 Å². The molecule has 0 amide bonds. The number of carbonyl (C=O) groups is 1. The number of rotatable bonds is 3. The zero-order valence-electron chi connectivity index (χ0n) is 10.6. The molecular weight excluding hydrogens is 316 g/mol. The fourth-order valence-electron chi connectivity index (χ4n) is 2.10. The summed E-state index contributed by atoms with van der Waals surface area (Å²) >= 11 is 3.33. The highest BCUT2D eigenvalue weighted by atomic mass is 79.9. The van der Waals surface area contributed by atoms with E-state index in [1.165, 1.54) is 0 Å². The van der Waals surface area contributed by atoms with Crippen LogP contribution in [0.4, 0.5) is 0 Å². The van der Waals surface area contributed by atoms with Crippen LogP contribution in [0.15, 0.2) is 59.3 Å². The summed E-state index contributed by atoms with van der Waals surface area (Å²) in [6, 6.07) is 13.4. The Morgan fingerprint density at radius 1 is 1.05 bits per heavy atom. The first-order chi connectivity index (χ1) is 9.74. The third-order valence-electron chi connectivity index (χ3n) is 3.07. The van der Waals surface area contributed by atoms with Crippen molar-refractivity contribution in [2.75, 3.05) is 0 Å². The van der Waals surface area contributed by atoms with E-state index in [1.54, 1.807) is 12.4 Å². The molecule has 0 aliphatic heterocycles. The van der Waals surface area contributed by atoms with Gasteiger partial charge in [-0.15, -0.1) is 0 Å². The van der Waals surface area contributed by atoms with Crippen LogP contribution in [-0.4, -0.2) is 15.8 Å². The molecule has 1 aromatic carbocycles. The fourth-order valence-corrected chi connectivity index (χ4v) is 2.34. The van der Waals surface area contributed by atoms with Crippen molar-refractivity contribution in [3.63, 3.8) is 0 Å². The van der Waals surface area contributed by atoms with Gasteiger partial charge in [0.2, 0.25) is 0 Å². The van der Waals surface area contributed by atoms with Gasteiger partial charge in [0.05, 0.1) is 6.42 Å². The Morgan fingerprint density at radius 2 is 1.90 bits per heavy atom. The summed E-state index contributed by atoms with van der Waals surface area (Å²) in [4.78, 5) is 20.9. The van der Waals surface area contributed by atoms with Gasteiger partial charge >= 0.3 is 0 Å². The van der Waals surface area contributed by atoms with E-state index < -0.39 is 0 Å². The second kappa shape index (κ2) is 5.51. The first-order valence-electron chi connectivity index (χ1n) is 6.21. The Labute approximate surface area is 124 Å². The summed E-state index contributed by atoms with van der Waals surface area (Å²) < 4.78 is 0.900. The SMILES string of the molecule is O=C(Cc1ccc(Br)cn1)c1nccc2ccccc12. The standard InChI is InChI=1S/C16H11BrN2O/c17-12-5-6-13(19-10-12)9-15(20)16-14-4-2-1-3-11(14)7-8-18-16/h1-8,10H,9H2. The van der Waals surface area contributed by atoms with Crippen molar-refractivity contribution >= 4 is 32.5 Å². The molecule has 0 N–H and O–H groups in total. The maximum atomic E-state index is 12.4. The Bertz CT molecular complexity index is 764. The first-order valence-corrected chi connectivity index (χ1v) is 7.01. The summed E-state index contributed by atoms with van der Waals surface area (Å²) in [5.41, 5.74) is 1.25. The van der Waals surface area contributed by atoms with Crippen LogP contribution in [-0.2, 0) is 6.42 Å². The molecule has 0 radical (unpaired) electrons. The van der Waals surface area contributed by atoms with Crippen LogP contribution in [0.25, 0.3) is 10.8 Å². The molecule has 3 aromatic rings. The van der Waals surface area contributed by atoms with E-state index in [0.29, 0.717) is 5.69 Å². The third-order valence-corrected chi connectivity index (χ3v) is 3.54. The second-order valence-electron chi connectivity index (χ2n) is 4.45. The van der Waals surface area contributed by atoms with Crippen LogP contribution >= 0.6 is 15.9 Å². The van der Waals surface area contributed by atoms with Gasteiger partial charge in [-0.2, -0.15) is 0 Å². The molecule has 20 heavy (non-hydrogen) atoms. The van der Waals surface area contributed by atoms with Crippen LogP contribution < -0.4 is 0 Å². The van der Waals surface area contributed by atoms with Crippen LogP contribution in [0.5, 0.6) is 0 Å². The monoisotopic (exact) mass is 326 g/mol. The molecule has 0 atom stereocenters. The maximum Gasteiger partial charge on any atom is 0.187 e. The average Bonchev–Trinajstić information content (AvgIpc) is 2.49. The second-order valence-corrected chi connectivity index (χ2v) is 5.36. The Morgan fingerprint density at radius 3 is 2.70 bits per heavy atom. The number of aromatic nitrogens is 2. The zero-order valence-corrected chi connectivity index (χ0v) is 12.2. The summed E-state index contributed by atoms with van der Waals surface area (Å²) in [6.07, 6.45) is 3.62. The quantitative estimate of drug-likeness (QED) is 0.687.